The molecule has 0 aromatic rings. The molecule has 1 rings (SSSR count). The van der Waals surface area contributed by atoms with E-state index in [0.717, 1.165) is 12.8 Å². The lowest BCUT2D eigenvalue weighted by Gasteiger charge is -2.22. The number of carbonyl (C=O) groups excluding carboxylic acids is 1. The first-order chi connectivity index (χ1) is 7.60. The van der Waals surface area contributed by atoms with E-state index in [1.807, 2.05) is 0 Å². The second-order valence-corrected chi connectivity index (χ2v) is 4.40. The molecule has 0 aliphatic heterocycles. The van der Waals surface area contributed by atoms with Gasteiger partial charge in [-0.3, -0.25) is 9.59 Å². The van der Waals surface area contributed by atoms with Crippen molar-refractivity contribution < 1.29 is 19.8 Å². The average Bonchev–Trinajstić information content (AvgIpc) is 2.68. The third-order valence-electron chi connectivity index (χ3n) is 3.17. The Balaban J connectivity index is 2.43. The van der Waals surface area contributed by atoms with E-state index < -0.39 is 11.4 Å². The molecular weight excluding hydrogens is 210 g/mol. The van der Waals surface area contributed by atoms with Gasteiger partial charge in [-0.2, -0.15) is 0 Å². The number of carbonyl (C=O) groups is 2. The average molecular weight is 229 g/mol. The SMILES string of the molecule is O=C(CC1(C(=O)O)CCCC1)NCCCO. The Morgan fingerprint density at radius 2 is 1.88 bits per heavy atom. The van der Waals surface area contributed by atoms with Gasteiger partial charge in [-0.25, -0.2) is 0 Å². The summed E-state index contributed by atoms with van der Waals surface area (Å²) in [5, 5.41) is 20.3. The summed E-state index contributed by atoms with van der Waals surface area (Å²) in [6, 6.07) is 0. The maximum Gasteiger partial charge on any atom is 0.310 e. The fraction of sp³-hybridized carbons (Fsp3) is 0.818. The Bertz CT molecular complexity index is 259. The molecule has 0 spiro atoms. The van der Waals surface area contributed by atoms with Crippen LogP contribution in [0.25, 0.3) is 0 Å². The normalized spacial score (nSPS) is 18.3. The molecule has 1 aliphatic rings. The molecule has 1 fully saturated rings. The Morgan fingerprint density at radius 3 is 2.38 bits per heavy atom. The summed E-state index contributed by atoms with van der Waals surface area (Å²) in [7, 11) is 0. The Hall–Kier alpha value is -1.10. The van der Waals surface area contributed by atoms with Crippen LogP contribution in [0.15, 0.2) is 0 Å². The van der Waals surface area contributed by atoms with Crippen molar-refractivity contribution in [3.05, 3.63) is 0 Å². The summed E-state index contributed by atoms with van der Waals surface area (Å²) < 4.78 is 0. The maximum atomic E-state index is 11.5. The molecule has 1 saturated carbocycles. The first-order valence-electron chi connectivity index (χ1n) is 5.72. The number of rotatable bonds is 6. The largest absolute Gasteiger partial charge is 0.481 e. The number of aliphatic hydroxyl groups is 1. The van der Waals surface area contributed by atoms with Crippen molar-refractivity contribution in [2.24, 2.45) is 5.41 Å². The van der Waals surface area contributed by atoms with Crippen LogP contribution in [-0.4, -0.2) is 35.2 Å². The number of hydrogen-bond acceptors (Lipinski definition) is 3. The van der Waals surface area contributed by atoms with Crippen LogP contribution in [0.3, 0.4) is 0 Å². The minimum atomic E-state index is -0.859. The van der Waals surface area contributed by atoms with Gasteiger partial charge in [-0.1, -0.05) is 12.8 Å². The van der Waals surface area contributed by atoms with E-state index in [1.54, 1.807) is 0 Å². The van der Waals surface area contributed by atoms with Crippen molar-refractivity contribution >= 4 is 11.9 Å². The van der Waals surface area contributed by atoms with Gasteiger partial charge in [0.15, 0.2) is 0 Å². The summed E-state index contributed by atoms with van der Waals surface area (Å²) in [5.74, 6) is -1.08. The molecular formula is C11H19NO4. The standard InChI is InChI=1S/C11H19NO4/c13-7-3-6-12-9(14)8-11(10(15)16)4-1-2-5-11/h13H,1-8H2,(H,12,14)(H,15,16). The van der Waals surface area contributed by atoms with E-state index in [-0.39, 0.29) is 18.9 Å². The van der Waals surface area contributed by atoms with E-state index in [1.165, 1.54) is 0 Å². The first-order valence-corrected chi connectivity index (χ1v) is 5.72. The number of carboxylic acids is 1. The van der Waals surface area contributed by atoms with Gasteiger partial charge in [0.05, 0.1) is 5.41 Å². The predicted molar refractivity (Wildman–Crippen MR) is 57.9 cm³/mol. The summed E-state index contributed by atoms with van der Waals surface area (Å²) in [6.45, 7) is 0.440. The van der Waals surface area contributed by atoms with E-state index >= 15 is 0 Å². The number of nitrogens with one attached hydrogen (secondary N) is 1. The van der Waals surface area contributed by atoms with Gasteiger partial charge in [0.2, 0.25) is 5.91 Å². The van der Waals surface area contributed by atoms with Crippen LogP contribution < -0.4 is 5.32 Å². The summed E-state index contributed by atoms with van der Waals surface area (Å²) in [6.07, 6.45) is 3.53. The highest BCUT2D eigenvalue weighted by Crippen LogP contribution is 2.41. The van der Waals surface area contributed by atoms with Crippen LogP contribution in [0.2, 0.25) is 0 Å². The number of amides is 1. The van der Waals surface area contributed by atoms with Gasteiger partial charge < -0.3 is 15.5 Å². The fourth-order valence-corrected chi connectivity index (χ4v) is 2.19. The number of carboxylic acid groups (broad SMARTS) is 1. The zero-order valence-electron chi connectivity index (χ0n) is 9.37. The van der Waals surface area contributed by atoms with Crippen molar-refractivity contribution in [3.8, 4) is 0 Å². The maximum absolute atomic E-state index is 11.5. The third kappa shape index (κ3) is 3.20. The van der Waals surface area contributed by atoms with Crippen molar-refractivity contribution in [2.75, 3.05) is 13.2 Å². The third-order valence-corrected chi connectivity index (χ3v) is 3.17. The van der Waals surface area contributed by atoms with Crippen LogP contribution in [0.1, 0.15) is 38.5 Å². The van der Waals surface area contributed by atoms with Gasteiger partial charge >= 0.3 is 5.97 Å². The van der Waals surface area contributed by atoms with E-state index in [0.29, 0.717) is 25.8 Å². The second kappa shape index (κ2) is 5.84. The highest BCUT2D eigenvalue weighted by molar-refractivity contribution is 5.85. The highest BCUT2D eigenvalue weighted by Gasteiger charge is 2.42. The molecule has 1 amide bonds. The minimum Gasteiger partial charge on any atom is -0.481 e. The second-order valence-electron chi connectivity index (χ2n) is 4.40. The van der Waals surface area contributed by atoms with Crippen LogP contribution in [0, 0.1) is 5.41 Å². The van der Waals surface area contributed by atoms with E-state index in [9.17, 15) is 9.59 Å². The Labute approximate surface area is 94.8 Å². The highest BCUT2D eigenvalue weighted by atomic mass is 16.4. The van der Waals surface area contributed by atoms with Crippen molar-refractivity contribution in [2.45, 2.75) is 38.5 Å². The zero-order chi connectivity index (χ0) is 12.0. The molecule has 0 saturated heterocycles. The molecule has 92 valence electrons. The summed E-state index contributed by atoms with van der Waals surface area (Å²) in [5.41, 5.74) is -0.844. The molecule has 3 N–H and O–H groups in total. The van der Waals surface area contributed by atoms with Gasteiger partial charge in [0.25, 0.3) is 0 Å². The lowest BCUT2D eigenvalue weighted by molar-refractivity contribution is -0.151. The predicted octanol–water partition coefficient (Wildman–Crippen LogP) is 0.520. The van der Waals surface area contributed by atoms with Crippen LogP contribution in [-0.2, 0) is 9.59 Å². The molecule has 1 aliphatic carbocycles. The van der Waals surface area contributed by atoms with Crippen molar-refractivity contribution in [3.63, 3.8) is 0 Å². The minimum absolute atomic E-state index is 0.0321. The quantitative estimate of drug-likeness (QED) is 0.579. The Kier molecular flexibility index (Phi) is 4.73. The van der Waals surface area contributed by atoms with Crippen LogP contribution >= 0.6 is 0 Å². The topological polar surface area (TPSA) is 86.6 Å². The molecule has 0 heterocycles. The summed E-state index contributed by atoms with van der Waals surface area (Å²) in [4.78, 5) is 22.7. The molecule has 0 atom stereocenters. The monoisotopic (exact) mass is 229 g/mol. The first kappa shape index (κ1) is 13.0. The van der Waals surface area contributed by atoms with Gasteiger partial charge in [0.1, 0.15) is 0 Å². The van der Waals surface area contributed by atoms with E-state index in [4.69, 9.17) is 10.2 Å². The van der Waals surface area contributed by atoms with Crippen molar-refractivity contribution in [1.29, 1.82) is 0 Å². The lowest BCUT2D eigenvalue weighted by atomic mass is 9.82. The smallest absolute Gasteiger partial charge is 0.310 e. The zero-order valence-corrected chi connectivity index (χ0v) is 9.37. The van der Waals surface area contributed by atoms with E-state index in [2.05, 4.69) is 5.32 Å². The van der Waals surface area contributed by atoms with Gasteiger partial charge in [0, 0.05) is 19.6 Å². The summed E-state index contributed by atoms with van der Waals surface area (Å²) >= 11 is 0. The van der Waals surface area contributed by atoms with Crippen molar-refractivity contribution in [1.82, 2.24) is 5.32 Å². The van der Waals surface area contributed by atoms with Gasteiger partial charge in [-0.15, -0.1) is 0 Å². The number of hydrogen-bond donors (Lipinski definition) is 3. The molecule has 16 heavy (non-hydrogen) atoms. The molecule has 5 nitrogen and oxygen atoms in total. The molecule has 0 unspecified atom stereocenters. The molecule has 0 aromatic carbocycles. The van der Waals surface area contributed by atoms with Crippen LogP contribution in [0.4, 0.5) is 0 Å². The lowest BCUT2D eigenvalue weighted by Crippen LogP contribution is -2.36. The molecule has 0 bridgehead atoms. The van der Waals surface area contributed by atoms with Crippen LogP contribution in [0.5, 0.6) is 0 Å². The molecule has 0 aromatic heterocycles. The number of aliphatic hydroxyl groups excluding tert-OH is 1. The Morgan fingerprint density at radius 1 is 1.25 bits per heavy atom. The molecule has 5 heteroatoms. The number of aliphatic carboxylic acids is 1. The van der Waals surface area contributed by atoms with Gasteiger partial charge in [-0.05, 0) is 19.3 Å². The molecule has 0 radical (unpaired) electrons. The fourth-order valence-electron chi connectivity index (χ4n) is 2.19.